The highest BCUT2D eigenvalue weighted by Crippen LogP contribution is 2.32. The monoisotopic (exact) mass is 351 g/mol. The number of alkyl halides is 3. The summed E-state index contributed by atoms with van der Waals surface area (Å²) in [5, 5.41) is 12.3. The van der Waals surface area contributed by atoms with E-state index in [0.717, 1.165) is 44.2 Å². The molecule has 1 amide bonds. The molecule has 1 saturated carbocycles. The first-order chi connectivity index (χ1) is 11.9. The van der Waals surface area contributed by atoms with Gasteiger partial charge in [0.05, 0.1) is 16.8 Å². The van der Waals surface area contributed by atoms with Gasteiger partial charge in [-0.25, -0.2) is 0 Å². The third-order valence-corrected chi connectivity index (χ3v) is 5.03. The lowest BCUT2D eigenvalue weighted by atomic mass is 10.1. The maximum atomic E-state index is 12.8. The summed E-state index contributed by atoms with van der Waals surface area (Å²) in [5.74, 6) is 0.314. The van der Waals surface area contributed by atoms with Gasteiger partial charge < -0.3 is 10.2 Å². The van der Waals surface area contributed by atoms with Crippen LogP contribution in [0, 0.1) is 17.2 Å². The minimum atomic E-state index is -4.47. The van der Waals surface area contributed by atoms with E-state index in [4.69, 9.17) is 5.26 Å². The fourth-order valence-electron chi connectivity index (χ4n) is 3.67. The Morgan fingerprint density at radius 2 is 1.96 bits per heavy atom. The molecular formula is C18H20F3N3O. The normalized spacial score (nSPS) is 21.4. The molecule has 0 spiro atoms. The SMILES string of the molecule is N#Cc1cc(C(F)(F)F)ccc1NC1CCN(C(=O)C2CCCC2)C1. The maximum absolute atomic E-state index is 12.8. The topological polar surface area (TPSA) is 56.1 Å². The predicted octanol–water partition coefficient (Wildman–Crippen LogP) is 3.78. The number of anilines is 1. The second-order valence-electron chi connectivity index (χ2n) is 6.77. The van der Waals surface area contributed by atoms with Crippen molar-refractivity contribution in [2.75, 3.05) is 18.4 Å². The van der Waals surface area contributed by atoms with Gasteiger partial charge in [-0.2, -0.15) is 18.4 Å². The zero-order valence-corrected chi connectivity index (χ0v) is 13.8. The van der Waals surface area contributed by atoms with Crippen molar-refractivity contribution in [1.82, 2.24) is 4.90 Å². The number of benzene rings is 1. The molecule has 25 heavy (non-hydrogen) atoms. The van der Waals surface area contributed by atoms with Crippen LogP contribution in [0.3, 0.4) is 0 Å². The minimum Gasteiger partial charge on any atom is -0.379 e. The van der Waals surface area contributed by atoms with Crippen LogP contribution in [0.1, 0.15) is 43.2 Å². The molecular weight excluding hydrogens is 331 g/mol. The predicted molar refractivity (Wildman–Crippen MR) is 86.7 cm³/mol. The van der Waals surface area contributed by atoms with Crippen molar-refractivity contribution >= 4 is 11.6 Å². The quantitative estimate of drug-likeness (QED) is 0.902. The molecule has 4 nitrogen and oxygen atoms in total. The fourth-order valence-corrected chi connectivity index (χ4v) is 3.67. The number of nitrogens with one attached hydrogen (secondary N) is 1. The lowest BCUT2D eigenvalue weighted by molar-refractivity contribution is -0.137. The van der Waals surface area contributed by atoms with Crippen LogP contribution >= 0.6 is 0 Å². The van der Waals surface area contributed by atoms with Crippen molar-refractivity contribution in [2.45, 2.75) is 44.3 Å². The molecule has 0 radical (unpaired) electrons. The number of carbonyl (C=O) groups is 1. The van der Waals surface area contributed by atoms with Crippen LogP contribution in [0.2, 0.25) is 0 Å². The maximum Gasteiger partial charge on any atom is 0.416 e. The first-order valence-electron chi connectivity index (χ1n) is 8.55. The Balaban J connectivity index is 1.65. The number of nitrogens with zero attached hydrogens (tertiary/aromatic N) is 2. The zero-order chi connectivity index (χ0) is 18.0. The largest absolute Gasteiger partial charge is 0.416 e. The van der Waals surface area contributed by atoms with Gasteiger partial charge in [-0.05, 0) is 37.5 Å². The molecule has 0 bridgehead atoms. The summed E-state index contributed by atoms with van der Waals surface area (Å²) >= 11 is 0. The van der Waals surface area contributed by atoms with Crippen molar-refractivity contribution in [3.8, 4) is 6.07 Å². The summed E-state index contributed by atoms with van der Waals surface area (Å²) in [6.45, 7) is 1.18. The van der Waals surface area contributed by atoms with E-state index in [-0.39, 0.29) is 23.4 Å². The summed E-state index contributed by atoms with van der Waals surface area (Å²) in [7, 11) is 0. The third-order valence-electron chi connectivity index (χ3n) is 5.03. The molecule has 1 aliphatic carbocycles. The molecule has 1 N–H and O–H groups in total. The van der Waals surface area contributed by atoms with Crippen molar-refractivity contribution in [2.24, 2.45) is 5.92 Å². The van der Waals surface area contributed by atoms with Gasteiger partial charge in [-0.1, -0.05) is 12.8 Å². The summed E-state index contributed by atoms with van der Waals surface area (Å²) in [5.41, 5.74) is -0.481. The van der Waals surface area contributed by atoms with Gasteiger partial charge in [0.15, 0.2) is 0 Å². The van der Waals surface area contributed by atoms with Crippen molar-refractivity contribution in [1.29, 1.82) is 5.26 Å². The molecule has 7 heteroatoms. The minimum absolute atomic E-state index is 0.0320. The molecule has 1 saturated heterocycles. The van der Waals surface area contributed by atoms with Crippen LogP contribution in [0.15, 0.2) is 18.2 Å². The van der Waals surface area contributed by atoms with Crippen LogP contribution in [-0.2, 0) is 11.0 Å². The summed E-state index contributed by atoms with van der Waals surface area (Å²) in [6, 6.07) is 4.90. The van der Waals surface area contributed by atoms with Crippen molar-refractivity contribution in [3.63, 3.8) is 0 Å². The van der Waals surface area contributed by atoms with Crippen molar-refractivity contribution in [3.05, 3.63) is 29.3 Å². The Labute approximate surface area is 144 Å². The van der Waals surface area contributed by atoms with Crippen LogP contribution in [-0.4, -0.2) is 29.9 Å². The van der Waals surface area contributed by atoms with Gasteiger partial charge >= 0.3 is 6.18 Å². The number of hydrogen-bond acceptors (Lipinski definition) is 3. The van der Waals surface area contributed by atoms with Crippen LogP contribution in [0.5, 0.6) is 0 Å². The molecule has 1 aromatic rings. The fraction of sp³-hybridized carbons (Fsp3) is 0.556. The van der Waals surface area contributed by atoms with E-state index in [1.165, 1.54) is 6.07 Å². The lowest BCUT2D eigenvalue weighted by Gasteiger charge is -2.21. The van der Waals surface area contributed by atoms with Crippen LogP contribution in [0.4, 0.5) is 18.9 Å². The van der Waals surface area contributed by atoms with Crippen molar-refractivity contribution < 1.29 is 18.0 Å². The standard InChI is InChI=1S/C18H20F3N3O/c19-18(20,21)14-5-6-16(13(9-14)10-22)23-15-7-8-24(11-15)17(25)12-3-1-2-4-12/h5-6,9,12,15,23H,1-4,7-8,11H2. The number of carbonyl (C=O) groups excluding carboxylic acids is 1. The van der Waals surface area contributed by atoms with E-state index in [2.05, 4.69) is 5.32 Å². The van der Waals surface area contributed by atoms with Gasteiger partial charge in [0.2, 0.25) is 5.91 Å². The van der Waals surface area contributed by atoms with Crippen LogP contribution < -0.4 is 5.32 Å². The summed E-state index contributed by atoms with van der Waals surface area (Å²) < 4.78 is 38.3. The Hall–Kier alpha value is -2.23. The first-order valence-corrected chi connectivity index (χ1v) is 8.55. The van der Waals surface area contributed by atoms with E-state index in [1.807, 2.05) is 11.0 Å². The molecule has 2 aliphatic rings. The highest BCUT2D eigenvalue weighted by molar-refractivity contribution is 5.79. The average molecular weight is 351 g/mol. The molecule has 1 unspecified atom stereocenters. The van der Waals surface area contributed by atoms with E-state index >= 15 is 0 Å². The molecule has 1 aliphatic heterocycles. The number of amides is 1. The highest BCUT2D eigenvalue weighted by atomic mass is 19.4. The second-order valence-corrected chi connectivity index (χ2v) is 6.77. The van der Waals surface area contributed by atoms with Crippen LogP contribution in [0.25, 0.3) is 0 Å². The van der Waals surface area contributed by atoms with Gasteiger partial charge in [-0.15, -0.1) is 0 Å². The van der Waals surface area contributed by atoms with E-state index in [1.54, 1.807) is 0 Å². The molecule has 1 aromatic carbocycles. The van der Waals surface area contributed by atoms with Gasteiger partial charge in [0, 0.05) is 25.0 Å². The van der Waals surface area contributed by atoms with Gasteiger partial charge in [-0.3, -0.25) is 4.79 Å². The van der Waals surface area contributed by atoms with E-state index in [0.29, 0.717) is 18.8 Å². The molecule has 1 heterocycles. The van der Waals surface area contributed by atoms with Gasteiger partial charge in [0.1, 0.15) is 6.07 Å². The Bertz CT molecular complexity index is 690. The van der Waals surface area contributed by atoms with Gasteiger partial charge in [0.25, 0.3) is 0 Å². The first kappa shape index (κ1) is 17.6. The molecule has 3 rings (SSSR count). The second kappa shape index (κ2) is 6.95. The number of hydrogen-bond donors (Lipinski definition) is 1. The molecule has 1 atom stereocenters. The third kappa shape index (κ3) is 3.89. The average Bonchev–Trinajstić information content (AvgIpc) is 3.25. The summed E-state index contributed by atoms with van der Waals surface area (Å²) in [6.07, 6.45) is 0.355. The zero-order valence-electron chi connectivity index (χ0n) is 13.8. The Morgan fingerprint density at radius 1 is 1.24 bits per heavy atom. The lowest BCUT2D eigenvalue weighted by Crippen LogP contribution is -2.35. The smallest absolute Gasteiger partial charge is 0.379 e. The number of halogens is 3. The Morgan fingerprint density at radius 3 is 2.60 bits per heavy atom. The van der Waals surface area contributed by atoms with E-state index in [9.17, 15) is 18.0 Å². The molecule has 0 aromatic heterocycles. The Kier molecular flexibility index (Phi) is 4.89. The number of rotatable bonds is 3. The number of nitriles is 1. The van der Waals surface area contributed by atoms with E-state index < -0.39 is 11.7 Å². The summed E-state index contributed by atoms with van der Waals surface area (Å²) in [4.78, 5) is 14.3. The highest BCUT2D eigenvalue weighted by Gasteiger charge is 2.33. The number of likely N-dealkylation sites (tertiary alicyclic amines) is 1. The molecule has 2 fully saturated rings. The molecule has 134 valence electrons.